The van der Waals surface area contributed by atoms with Crippen LogP contribution in [0.15, 0.2) is 42.5 Å². The second kappa shape index (κ2) is 7.99. The Morgan fingerprint density at radius 1 is 0.852 bits per heavy atom. The highest BCUT2D eigenvalue weighted by molar-refractivity contribution is 5.96. The molecule has 27 heavy (non-hydrogen) atoms. The Hall–Kier alpha value is -3.22. The van der Waals surface area contributed by atoms with E-state index in [1.54, 1.807) is 41.2 Å². The normalized spacial score (nSPS) is 14.6. The van der Waals surface area contributed by atoms with Gasteiger partial charge >= 0.3 is 0 Å². The van der Waals surface area contributed by atoms with Crippen molar-refractivity contribution in [2.45, 2.75) is 6.42 Å². The van der Waals surface area contributed by atoms with E-state index in [1.807, 2.05) is 0 Å². The second-order valence-electron chi connectivity index (χ2n) is 6.41. The molecule has 7 nitrogen and oxygen atoms in total. The molecule has 1 saturated heterocycles. The maximum Gasteiger partial charge on any atom is 0.254 e. The molecule has 142 valence electrons. The number of carbonyl (C=O) groups excluding carboxylic acids is 2. The van der Waals surface area contributed by atoms with Gasteiger partial charge in [-0.3, -0.25) is 9.59 Å². The molecule has 0 bridgehead atoms. The van der Waals surface area contributed by atoms with E-state index in [2.05, 4.69) is 0 Å². The van der Waals surface area contributed by atoms with Gasteiger partial charge in [0.15, 0.2) is 0 Å². The molecule has 0 atom stereocenters. The van der Waals surface area contributed by atoms with E-state index in [4.69, 9.17) is 4.74 Å². The third-order valence-electron chi connectivity index (χ3n) is 4.54. The molecule has 2 amide bonds. The minimum Gasteiger partial charge on any atom is -0.508 e. The van der Waals surface area contributed by atoms with Gasteiger partial charge in [-0.15, -0.1) is 0 Å². The molecular weight excluding hydrogens is 348 g/mol. The van der Waals surface area contributed by atoms with Gasteiger partial charge < -0.3 is 24.7 Å². The van der Waals surface area contributed by atoms with Crippen LogP contribution < -0.4 is 4.74 Å². The summed E-state index contributed by atoms with van der Waals surface area (Å²) >= 11 is 0. The zero-order valence-corrected chi connectivity index (χ0v) is 15.1. The van der Waals surface area contributed by atoms with Crippen molar-refractivity contribution in [1.29, 1.82) is 0 Å². The molecule has 1 heterocycles. The lowest BCUT2D eigenvalue weighted by Gasteiger charge is -2.22. The maximum absolute atomic E-state index is 12.8. The van der Waals surface area contributed by atoms with Crippen molar-refractivity contribution in [3.8, 4) is 17.2 Å². The standard InChI is InChI=1S/C20H22N2O5/c1-27-18-5-2-4-14(12-18)19(25)21-6-3-7-22(9-8-21)20(26)15-10-16(23)13-17(24)11-15/h2,4-5,10-13,23-24H,3,6-9H2,1H3. The summed E-state index contributed by atoms with van der Waals surface area (Å²) in [6, 6.07) is 10.8. The van der Waals surface area contributed by atoms with Crippen LogP contribution in [0, 0.1) is 0 Å². The lowest BCUT2D eigenvalue weighted by molar-refractivity contribution is 0.0718. The van der Waals surface area contributed by atoms with Crippen molar-refractivity contribution >= 4 is 11.8 Å². The summed E-state index contributed by atoms with van der Waals surface area (Å²) in [6.45, 7) is 1.83. The first-order valence-corrected chi connectivity index (χ1v) is 8.73. The monoisotopic (exact) mass is 370 g/mol. The van der Waals surface area contributed by atoms with Crippen molar-refractivity contribution in [3.05, 3.63) is 53.6 Å². The summed E-state index contributed by atoms with van der Waals surface area (Å²) in [7, 11) is 1.55. The lowest BCUT2D eigenvalue weighted by Crippen LogP contribution is -2.37. The summed E-state index contributed by atoms with van der Waals surface area (Å²) in [5.41, 5.74) is 0.770. The SMILES string of the molecule is COc1cccc(C(=O)N2CCCN(C(=O)c3cc(O)cc(O)c3)CC2)c1. The Labute approximate surface area is 157 Å². The molecule has 0 aliphatic carbocycles. The Morgan fingerprint density at radius 2 is 1.44 bits per heavy atom. The van der Waals surface area contributed by atoms with E-state index in [0.717, 1.165) is 0 Å². The molecule has 1 aliphatic heterocycles. The highest BCUT2D eigenvalue weighted by Gasteiger charge is 2.24. The highest BCUT2D eigenvalue weighted by Crippen LogP contribution is 2.22. The number of hydrogen-bond acceptors (Lipinski definition) is 5. The summed E-state index contributed by atoms with van der Waals surface area (Å²) in [4.78, 5) is 28.8. The first-order valence-electron chi connectivity index (χ1n) is 8.73. The number of phenolic OH excluding ortho intramolecular Hbond substituents is 2. The van der Waals surface area contributed by atoms with Gasteiger partial charge in [0.25, 0.3) is 11.8 Å². The number of methoxy groups -OCH3 is 1. The minimum atomic E-state index is -0.281. The average molecular weight is 370 g/mol. The Balaban J connectivity index is 1.69. The van der Waals surface area contributed by atoms with Crippen molar-refractivity contribution in [2.24, 2.45) is 0 Å². The number of rotatable bonds is 3. The van der Waals surface area contributed by atoms with Crippen LogP contribution in [0.1, 0.15) is 27.1 Å². The molecule has 0 radical (unpaired) electrons. The molecular formula is C20H22N2O5. The van der Waals surface area contributed by atoms with Gasteiger partial charge in [-0.2, -0.15) is 0 Å². The zero-order chi connectivity index (χ0) is 19.4. The first kappa shape index (κ1) is 18.6. The third kappa shape index (κ3) is 4.31. The van der Waals surface area contributed by atoms with Gasteiger partial charge in [0.1, 0.15) is 17.2 Å². The van der Waals surface area contributed by atoms with Crippen LogP contribution in [0.5, 0.6) is 17.2 Å². The van der Waals surface area contributed by atoms with Crippen LogP contribution in [0.25, 0.3) is 0 Å². The van der Waals surface area contributed by atoms with Gasteiger partial charge in [0.05, 0.1) is 7.11 Å². The number of nitrogens with zero attached hydrogens (tertiary/aromatic N) is 2. The van der Waals surface area contributed by atoms with Crippen molar-refractivity contribution < 1.29 is 24.5 Å². The van der Waals surface area contributed by atoms with Gasteiger partial charge in [-0.05, 0) is 36.8 Å². The molecule has 1 aliphatic rings. The molecule has 0 spiro atoms. The maximum atomic E-state index is 12.8. The van der Waals surface area contributed by atoms with Crippen molar-refractivity contribution in [1.82, 2.24) is 9.80 Å². The fourth-order valence-corrected chi connectivity index (χ4v) is 3.16. The molecule has 3 rings (SSSR count). The molecule has 2 N–H and O–H groups in total. The number of benzene rings is 2. The van der Waals surface area contributed by atoms with E-state index >= 15 is 0 Å². The van der Waals surface area contributed by atoms with E-state index < -0.39 is 0 Å². The van der Waals surface area contributed by atoms with E-state index in [9.17, 15) is 19.8 Å². The first-order chi connectivity index (χ1) is 13.0. The number of phenols is 2. The summed E-state index contributed by atoms with van der Waals surface area (Å²) in [6.07, 6.45) is 0.645. The van der Waals surface area contributed by atoms with Crippen LogP contribution in [0.3, 0.4) is 0 Å². The smallest absolute Gasteiger partial charge is 0.254 e. The molecule has 0 unspecified atom stereocenters. The number of aromatic hydroxyl groups is 2. The van der Waals surface area contributed by atoms with Crippen LogP contribution in [-0.2, 0) is 0 Å². The summed E-state index contributed by atoms with van der Waals surface area (Å²) in [5.74, 6) is -0.0859. The highest BCUT2D eigenvalue weighted by atomic mass is 16.5. The number of carbonyl (C=O) groups is 2. The van der Waals surface area contributed by atoms with Gasteiger partial charge in [0.2, 0.25) is 0 Å². The van der Waals surface area contributed by atoms with Gasteiger partial charge in [-0.1, -0.05) is 6.07 Å². The summed E-state index contributed by atoms with van der Waals surface area (Å²) < 4.78 is 5.17. The van der Waals surface area contributed by atoms with Crippen LogP contribution in [-0.4, -0.2) is 65.1 Å². The largest absolute Gasteiger partial charge is 0.508 e. The van der Waals surface area contributed by atoms with Crippen molar-refractivity contribution in [3.63, 3.8) is 0 Å². The Kier molecular flexibility index (Phi) is 5.49. The summed E-state index contributed by atoms with van der Waals surface area (Å²) in [5, 5.41) is 19.2. The van der Waals surface area contributed by atoms with Crippen LogP contribution in [0.4, 0.5) is 0 Å². The lowest BCUT2D eigenvalue weighted by atomic mass is 10.1. The predicted octanol–water partition coefficient (Wildman–Crippen LogP) is 2.09. The van der Waals surface area contributed by atoms with E-state index in [0.29, 0.717) is 43.9 Å². The molecule has 7 heteroatoms. The topological polar surface area (TPSA) is 90.3 Å². The fourth-order valence-electron chi connectivity index (χ4n) is 3.16. The molecule has 2 aromatic rings. The molecule has 1 fully saturated rings. The Bertz CT molecular complexity index is 832. The fraction of sp³-hybridized carbons (Fsp3) is 0.300. The number of amides is 2. The quantitative estimate of drug-likeness (QED) is 0.863. The van der Waals surface area contributed by atoms with Crippen molar-refractivity contribution in [2.75, 3.05) is 33.3 Å². The predicted molar refractivity (Wildman–Crippen MR) is 99.2 cm³/mol. The molecule has 0 saturated carbocycles. The van der Waals surface area contributed by atoms with E-state index in [1.165, 1.54) is 18.2 Å². The zero-order valence-electron chi connectivity index (χ0n) is 15.1. The average Bonchev–Trinajstić information content (AvgIpc) is 2.92. The number of ether oxygens (including phenoxy) is 1. The molecule has 0 aromatic heterocycles. The second-order valence-corrected chi connectivity index (χ2v) is 6.41. The van der Waals surface area contributed by atoms with E-state index in [-0.39, 0.29) is 28.9 Å². The van der Waals surface area contributed by atoms with Gasteiger partial charge in [0, 0.05) is 43.4 Å². The third-order valence-corrected chi connectivity index (χ3v) is 4.54. The minimum absolute atomic E-state index is 0.0989. The number of hydrogen-bond donors (Lipinski definition) is 2. The Morgan fingerprint density at radius 3 is 2.04 bits per heavy atom. The molecule has 2 aromatic carbocycles. The van der Waals surface area contributed by atoms with Crippen LogP contribution in [0.2, 0.25) is 0 Å². The van der Waals surface area contributed by atoms with Gasteiger partial charge in [-0.25, -0.2) is 0 Å². The van der Waals surface area contributed by atoms with Crippen LogP contribution >= 0.6 is 0 Å².